The number of carbonyl (C=O) groups excluding carboxylic acids is 1. The van der Waals surface area contributed by atoms with E-state index in [9.17, 15) is 9.18 Å². The fourth-order valence-corrected chi connectivity index (χ4v) is 4.40. The van der Waals surface area contributed by atoms with Crippen LogP contribution in [0.3, 0.4) is 0 Å². The van der Waals surface area contributed by atoms with E-state index in [1.807, 2.05) is 54.6 Å². The molecule has 2 N–H and O–H groups in total. The van der Waals surface area contributed by atoms with Crippen molar-refractivity contribution in [2.24, 2.45) is 5.92 Å². The molecule has 0 saturated carbocycles. The molecule has 0 unspecified atom stereocenters. The number of halogens is 1. The highest BCUT2D eigenvalue weighted by Crippen LogP contribution is 2.31. The van der Waals surface area contributed by atoms with Crippen LogP contribution in [-0.4, -0.2) is 43.0 Å². The number of tetrazole rings is 1. The minimum Gasteiger partial charge on any atom is -0.336 e. The molecule has 0 aliphatic heterocycles. The number of nitrogens with one attached hydrogen (secondary N) is 2. The number of H-pyrrole nitrogens is 1. The van der Waals surface area contributed by atoms with E-state index in [0.29, 0.717) is 42.0 Å². The Morgan fingerprint density at radius 3 is 2.42 bits per heavy atom. The minimum atomic E-state index is -0.599. The molecule has 0 atom stereocenters. The highest BCUT2D eigenvalue weighted by atomic mass is 19.1. The summed E-state index contributed by atoms with van der Waals surface area (Å²) in [5.41, 5.74) is 3.74. The zero-order chi connectivity index (χ0) is 28.1. The van der Waals surface area contributed by atoms with Crippen LogP contribution in [0, 0.1) is 18.7 Å². The maximum absolute atomic E-state index is 14.6. The summed E-state index contributed by atoms with van der Waals surface area (Å²) in [5.74, 6) is 0.194. The highest BCUT2D eigenvalue weighted by molar-refractivity contribution is 6.04. The van der Waals surface area contributed by atoms with E-state index in [2.05, 4.69) is 44.7 Å². The topological polar surface area (TPSA) is 113 Å². The van der Waals surface area contributed by atoms with Crippen LogP contribution >= 0.6 is 0 Å². The predicted octanol–water partition coefficient (Wildman–Crippen LogP) is 5.69. The number of anilines is 2. The first-order chi connectivity index (χ1) is 19.4. The van der Waals surface area contributed by atoms with Crippen LogP contribution < -0.4 is 10.2 Å². The van der Waals surface area contributed by atoms with Crippen molar-refractivity contribution >= 4 is 17.7 Å². The van der Waals surface area contributed by atoms with Gasteiger partial charge in [-0.25, -0.2) is 9.37 Å². The first kappa shape index (κ1) is 26.6. The van der Waals surface area contributed by atoms with Gasteiger partial charge in [-0.1, -0.05) is 74.5 Å². The van der Waals surface area contributed by atoms with Crippen molar-refractivity contribution in [2.75, 3.05) is 16.8 Å². The first-order valence-corrected chi connectivity index (χ1v) is 13.0. The van der Waals surface area contributed by atoms with Gasteiger partial charge >= 0.3 is 0 Å². The lowest BCUT2D eigenvalue weighted by atomic mass is 10.0. The van der Waals surface area contributed by atoms with Gasteiger partial charge in [0.2, 0.25) is 11.8 Å². The molecule has 5 rings (SSSR count). The lowest BCUT2D eigenvalue weighted by Crippen LogP contribution is -2.29. The van der Waals surface area contributed by atoms with E-state index >= 15 is 0 Å². The second-order valence-electron chi connectivity index (χ2n) is 9.92. The Morgan fingerprint density at radius 2 is 1.73 bits per heavy atom. The zero-order valence-electron chi connectivity index (χ0n) is 22.5. The van der Waals surface area contributed by atoms with Gasteiger partial charge in [0.1, 0.15) is 11.6 Å². The van der Waals surface area contributed by atoms with Crippen LogP contribution in [0.15, 0.2) is 78.9 Å². The van der Waals surface area contributed by atoms with E-state index < -0.39 is 11.7 Å². The van der Waals surface area contributed by atoms with Gasteiger partial charge in [0, 0.05) is 30.3 Å². The van der Waals surface area contributed by atoms with Crippen molar-refractivity contribution in [3.05, 3.63) is 101 Å². The molecule has 0 spiro atoms. The van der Waals surface area contributed by atoms with E-state index in [1.165, 1.54) is 12.1 Å². The highest BCUT2D eigenvalue weighted by Gasteiger charge is 2.20. The third-order valence-electron chi connectivity index (χ3n) is 6.20. The first-order valence-electron chi connectivity index (χ1n) is 13.0. The van der Waals surface area contributed by atoms with Crippen molar-refractivity contribution in [1.82, 2.24) is 30.6 Å². The Hall–Kier alpha value is -4.99. The lowest BCUT2D eigenvalue weighted by Gasteiger charge is -2.26. The number of aromatic nitrogens is 6. The van der Waals surface area contributed by atoms with E-state index in [1.54, 1.807) is 19.1 Å². The van der Waals surface area contributed by atoms with Gasteiger partial charge in [0.05, 0.1) is 11.3 Å². The van der Waals surface area contributed by atoms with Crippen molar-refractivity contribution < 1.29 is 9.18 Å². The molecule has 0 bridgehead atoms. The van der Waals surface area contributed by atoms with E-state index in [-0.39, 0.29) is 11.4 Å². The summed E-state index contributed by atoms with van der Waals surface area (Å²) in [6.45, 7) is 7.25. The van der Waals surface area contributed by atoms with Crippen LogP contribution in [0.25, 0.3) is 22.6 Å². The second-order valence-corrected chi connectivity index (χ2v) is 9.92. The third-order valence-corrected chi connectivity index (χ3v) is 6.20. The maximum atomic E-state index is 14.6. The number of hydrogen-bond donors (Lipinski definition) is 2. The molecule has 5 aromatic rings. The van der Waals surface area contributed by atoms with Crippen LogP contribution in [0.4, 0.5) is 16.2 Å². The molecule has 3 aromatic carbocycles. The summed E-state index contributed by atoms with van der Waals surface area (Å²) >= 11 is 0. The fraction of sp³-hybridized carbons (Fsp3) is 0.200. The predicted molar refractivity (Wildman–Crippen MR) is 152 cm³/mol. The number of carbonyl (C=O) groups is 1. The van der Waals surface area contributed by atoms with Gasteiger partial charge in [-0.2, -0.15) is 10.2 Å². The Labute approximate surface area is 231 Å². The Bertz CT molecular complexity index is 1610. The van der Waals surface area contributed by atoms with Crippen molar-refractivity contribution in [2.45, 2.75) is 27.3 Å². The van der Waals surface area contributed by atoms with Crippen molar-refractivity contribution in [3.63, 3.8) is 0 Å². The summed E-state index contributed by atoms with van der Waals surface area (Å²) in [6, 6.07) is 23.7. The molecule has 2 heterocycles. The average molecular weight is 537 g/mol. The molecule has 202 valence electrons. The Kier molecular flexibility index (Phi) is 7.86. The maximum Gasteiger partial charge on any atom is 0.259 e. The summed E-state index contributed by atoms with van der Waals surface area (Å²) in [7, 11) is 0. The number of nitrogens with zero attached hydrogens (tertiary/aromatic N) is 6. The molecule has 1 amide bonds. The molecule has 0 radical (unpaired) electrons. The molecule has 0 aliphatic rings. The van der Waals surface area contributed by atoms with E-state index in [4.69, 9.17) is 9.97 Å². The summed E-state index contributed by atoms with van der Waals surface area (Å²) in [6.07, 6.45) is 0. The molecule has 10 heteroatoms. The van der Waals surface area contributed by atoms with Crippen molar-refractivity contribution in [1.29, 1.82) is 0 Å². The van der Waals surface area contributed by atoms with E-state index in [0.717, 1.165) is 16.7 Å². The SMILES string of the molecule is Cc1ccc(C(=O)Nc2cc(-c3ccccc3-c3nn[nH]n3)nc(N(Cc3ccccc3)CC(C)C)n2)c(F)c1. The van der Waals surface area contributed by atoms with Gasteiger partial charge in [-0.3, -0.25) is 4.79 Å². The molecule has 2 aromatic heterocycles. The monoisotopic (exact) mass is 536 g/mol. The number of rotatable bonds is 9. The Morgan fingerprint density at radius 1 is 0.975 bits per heavy atom. The normalized spacial score (nSPS) is 11.0. The van der Waals surface area contributed by atoms with Crippen LogP contribution in [0.5, 0.6) is 0 Å². The second kappa shape index (κ2) is 11.8. The quantitative estimate of drug-likeness (QED) is 0.249. The molecular formula is C30H29FN8O. The summed E-state index contributed by atoms with van der Waals surface area (Å²) in [4.78, 5) is 24.9. The van der Waals surface area contributed by atoms with Gasteiger partial charge < -0.3 is 10.2 Å². The number of aromatic amines is 1. The lowest BCUT2D eigenvalue weighted by molar-refractivity contribution is 0.102. The van der Waals surface area contributed by atoms with Crippen LogP contribution in [0.2, 0.25) is 0 Å². The van der Waals surface area contributed by atoms with Gasteiger partial charge in [-0.05, 0) is 41.3 Å². The number of aryl methyl sites for hydroxylation is 1. The largest absolute Gasteiger partial charge is 0.336 e. The van der Waals surface area contributed by atoms with Crippen LogP contribution in [-0.2, 0) is 6.54 Å². The summed E-state index contributed by atoms with van der Waals surface area (Å²) < 4.78 is 14.6. The Balaban J connectivity index is 1.61. The smallest absolute Gasteiger partial charge is 0.259 e. The molecule has 40 heavy (non-hydrogen) atoms. The standard InChI is InChI=1S/C30H29FN8O/c1-19(2)17-39(18-21-9-5-4-6-10-21)30-32-26(22-11-7-8-12-23(22)28-35-37-38-36-28)16-27(34-30)33-29(40)24-14-13-20(3)15-25(24)31/h4-16,19H,17-18H2,1-3H3,(H,32,33,34,40)(H,35,36,37,38). The molecular weight excluding hydrogens is 507 g/mol. The van der Waals surface area contributed by atoms with Crippen molar-refractivity contribution in [3.8, 4) is 22.6 Å². The number of hydrogen-bond acceptors (Lipinski definition) is 7. The van der Waals surface area contributed by atoms with Gasteiger partial charge in [0.15, 0.2) is 0 Å². The molecule has 0 aliphatic carbocycles. The fourth-order valence-electron chi connectivity index (χ4n) is 4.40. The molecule has 0 saturated heterocycles. The van der Waals surface area contributed by atoms with Gasteiger partial charge in [0.25, 0.3) is 5.91 Å². The molecule has 0 fully saturated rings. The summed E-state index contributed by atoms with van der Waals surface area (Å²) in [5, 5.41) is 17.2. The number of benzene rings is 3. The minimum absolute atomic E-state index is 0.0668. The zero-order valence-corrected chi connectivity index (χ0v) is 22.5. The third kappa shape index (κ3) is 6.17. The van der Waals surface area contributed by atoms with Gasteiger partial charge in [-0.15, -0.1) is 10.2 Å². The van der Waals surface area contributed by atoms with Crippen LogP contribution in [0.1, 0.15) is 35.3 Å². The average Bonchev–Trinajstić information content (AvgIpc) is 3.48. The number of amides is 1. The molecule has 9 nitrogen and oxygen atoms in total.